The predicted octanol–water partition coefficient (Wildman–Crippen LogP) is 3.14. The van der Waals surface area contributed by atoms with Crippen LogP contribution in [0.2, 0.25) is 0 Å². The Kier molecular flexibility index (Phi) is 7.28. The van der Waals surface area contributed by atoms with Crippen LogP contribution in [0.5, 0.6) is 0 Å². The lowest BCUT2D eigenvalue weighted by atomic mass is 9.90. The van der Waals surface area contributed by atoms with Crippen molar-refractivity contribution >= 4 is 29.7 Å². The fraction of sp³-hybridized carbons (Fsp3) is 0.625. The molecule has 174 valence electrons. The highest BCUT2D eigenvalue weighted by Gasteiger charge is 2.58. The molecule has 1 saturated carbocycles. The summed E-state index contributed by atoms with van der Waals surface area (Å²) in [6, 6.07) is 10.1. The van der Waals surface area contributed by atoms with Crippen molar-refractivity contribution in [3.05, 3.63) is 30.3 Å². The van der Waals surface area contributed by atoms with Crippen LogP contribution >= 0.6 is 11.8 Å². The molecule has 3 amide bonds. The zero-order valence-corrected chi connectivity index (χ0v) is 19.6. The fourth-order valence-corrected chi connectivity index (χ4v) is 5.77. The lowest BCUT2D eigenvalue weighted by molar-refractivity contribution is -0.130. The lowest BCUT2D eigenvalue weighted by Gasteiger charge is -2.34. The van der Waals surface area contributed by atoms with Gasteiger partial charge in [0.2, 0.25) is 11.8 Å². The number of ether oxygens (including phenoxy) is 1. The molecule has 2 aliphatic heterocycles. The minimum Gasteiger partial charge on any atom is -0.450 e. The Morgan fingerprint density at radius 2 is 1.75 bits per heavy atom. The van der Waals surface area contributed by atoms with Gasteiger partial charge in [0, 0.05) is 43.0 Å². The minimum atomic E-state index is -0.262. The van der Waals surface area contributed by atoms with Crippen molar-refractivity contribution in [2.75, 3.05) is 38.5 Å². The molecule has 1 aromatic carbocycles. The largest absolute Gasteiger partial charge is 0.450 e. The topological polar surface area (TPSA) is 79.0 Å². The molecule has 3 aliphatic rings. The van der Waals surface area contributed by atoms with Crippen molar-refractivity contribution in [2.45, 2.75) is 50.0 Å². The SMILES string of the molecule is CCOC(=O)N1CCC(NC(=O)[C@@H]2CC23CCN(C(=O)CSc2ccccc2)CC3)CC1. The van der Waals surface area contributed by atoms with Crippen LogP contribution in [0.3, 0.4) is 0 Å². The van der Waals surface area contributed by atoms with Crippen LogP contribution in [0.1, 0.15) is 39.0 Å². The maximum absolute atomic E-state index is 12.8. The molecule has 1 atom stereocenters. The predicted molar refractivity (Wildman–Crippen MR) is 123 cm³/mol. The third-order valence-electron chi connectivity index (χ3n) is 7.09. The van der Waals surface area contributed by atoms with Crippen molar-refractivity contribution in [3.8, 4) is 0 Å². The molecule has 1 N–H and O–H groups in total. The molecule has 32 heavy (non-hydrogen) atoms. The second kappa shape index (κ2) is 10.1. The number of likely N-dealkylation sites (tertiary alicyclic amines) is 2. The normalized spacial score (nSPS) is 22.5. The lowest BCUT2D eigenvalue weighted by Crippen LogP contribution is -2.47. The highest BCUT2D eigenvalue weighted by atomic mass is 32.2. The Morgan fingerprint density at radius 3 is 2.41 bits per heavy atom. The van der Waals surface area contributed by atoms with E-state index >= 15 is 0 Å². The molecule has 7 nitrogen and oxygen atoms in total. The average molecular weight is 460 g/mol. The molecule has 0 radical (unpaired) electrons. The molecule has 8 heteroatoms. The van der Waals surface area contributed by atoms with Crippen LogP contribution in [-0.2, 0) is 14.3 Å². The van der Waals surface area contributed by atoms with E-state index in [4.69, 9.17) is 4.74 Å². The molecular weight excluding hydrogens is 426 g/mol. The molecule has 2 heterocycles. The average Bonchev–Trinajstić information content (AvgIpc) is 3.52. The van der Waals surface area contributed by atoms with E-state index in [2.05, 4.69) is 5.32 Å². The summed E-state index contributed by atoms with van der Waals surface area (Å²) in [6.45, 7) is 4.93. The number of hydrogen-bond donors (Lipinski definition) is 1. The smallest absolute Gasteiger partial charge is 0.409 e. The number of nitrogens with one attached hydrogen (secondary N) is 1. The molecule has 1 spiro atoms. The molecule has 3 fully saturated rings. The van der Waals surface area contributed by atoms with Gasteiger partial charge in [-0.15, -0.1) is 11.8 Å². The van der Waals surface area contributed by atoms with E-state index in [-0.39, 0.29) is 35.3 Å². The van der Waals surface area contributed by atoms with Gasteiger partial charge in [0.15, 0.2) is 0 Å². The van der Waals surface area contributed by atoms with Gasteiger partial charge in [0.05, 0.1) is 12.4 Å². The third-order valence-corrected chi connectivity index (χ3v) is 8.09. The monoisotopic (exact) mass is 459 g/mol. The second-order valence-electron chi connectivity index (χ2n) is 9.07. The summed E-state index contributed by atoms with van der Waals surface area (Å²) in [6.07, 6.45) is 4.03. The van der Waals surface area contributed by atoms with Gasteiger partial charge in [0.25, 0.3) is 0 Å². The van der Waals surface area contributed by atoms with Crippen LogP contribution in [-0.4, -0.2) is 72.3 Å². The van der Waals surface area contributed by atoms with Crippen molar-refractivity contribution < 1.29 is 19.1 Å². The first-order chi connectivity index (χ1) is 15.5. The zero-order valence-electron chi connectivity index (χ0n) is 18.8. The standard InChI is InChI=1S/C24H33N3O4S/c1-2-31-23(30)27-12-8-18(9-13-27)25-22(29)20-16-24(20)10-14-26(15-11-24)21(28)17-32-19-6-4-3-5-7-19/h3-7,18,20H,2,8-17H2,1H3,(H,25,29)/t20-/m0/s1. The van der Waals surface area contributed by atoms with E-state index in [1.54, 1.807) is 23.6 Å². The van der Waals surface area contributed by atoms with Crippen molar-refractivity contribution in [2.24, 2.45) is 11.3 Å². The van der Waals surface area contributed by atoms with Gasteiger partial charge in [-0.05, 0) is 56.6 Å². The third kappa shape index (κ3) is 5.39. The Hall–Kier alpha value is -2.22. The van der Waals surface area contributed by atoms with E-state index in [9.17, 15) is 14.4 Å². The maximum atomic E-state index is 12.8. The Labute approximate surface area is 194 Å². The first-order valence-electron chi connectivity index (χ1n) is 11.7. The first-order valence-corrected chi connectivity index (χ1v) is 12.7. The Bertz CT molecular complexity index is 818. The van der Waals surface area contributed by atoms with E-state index in [1.807, 2.05) is 35.2 Å². The summed E-state index contributed by atoms with van der Waals surface area (Å²) in [4.78, 5) is 42.0. The van der Waals surface area contributed by atoms with Crippen LogP contribution in [0.4, 0.5) is 4.79 Å². The van der Waals surface area contributed by atoms with Crippen LogP contribution in [0, 0.1) is 11.3 Å². The first kappa shape index (κ1) is 23.0. The Balaban J connectivity index is 1.17. The molecule has 2 saturated heterocycles. The number of thioether (sulfide) groups is 1. The van der Waals surface area contributed by atoms with Gasteiger partial charge >= 0.3 is 6.09 Å². The summed E-state index contributed by atoms with van der Waals surface area (Å²) in [5.41, 5.74) is 0.0824. The van der Waals surface area contributed by atoms with Gasteiger partial charge in [0.1, 0.15) is 0 Å². The highest BCUT2D eigenvalue weighted by molar-refractivity contribution is 8.00. The number of carbonyl (C=O) groups excluding carboxylic acids is 3. The molecular formula is C24H33N3O4S. The van der Waals surface area contributed by atoms with Gasteiger partial charge in [-0.2, -0.15) is 0 Å². The van der Waals surface area contributed by atoms with Gasteiger partial charge in [-0.25, -0.2) is 4.79 Å². The number of rotatable bonds is 6. The summed E-state index contributed by atoms with van der Waals surface area (Å²) >= 11 is 1.58. The summed E-state index contributed by atoms with van der Waals surface area (Å²) in [7, 11) is 0. The van der Waals surface area contributed by atoms with Crippen molar-refractivity contribution in [3.63, 3.8) is 0 Å². The van der Waals surface area contributed by atoms with E-state index in [1.165, 1.54) is 0 Å². The highest BCUT2D eigenvalue weighted by Crippen LogP contribution is 2.59. The molecule has 4 rings (SSSR count). The van der Waals surface area contributed by atoms with Crippen LogP contribution in [0.25, 0.3) is 0 Å². The number of carbonyl (C=O) groups is 3. The number of piperidine rings is 2. The molecule has 1 aromatic rings. The van der Waals surface area contributed by atoms with Crippen LogP contribution < -0.4 is 5.32 Å². The summed E-state index contributed by atoms with van der Waals surface area (Å²) < 4.78 is 5.05. The van der Waals surface area contributed by atoms with Gasteiger partial charge in [-0.1, -0.05) is 18.2 Å². The maximum Gasteiger partial charge on any atom is 0.409 e. The zero-order chi connectivity index (χ0) is 22.6. The van der Waals surface area contributed by atoms with Gasteiger partial charge in [-0.3, -0.25) is 9.59 Å². The quantitative estimate of drug-likeness (QED) is 0.661. The minimum absolute atomic E-state index is 0.0709. The molecule has 0 unspecified atom stereocenters. The Morgan fingerprint density at radius 1 is 1.06 bits per heavy atom. The number of amides is 3. The van der Waals surface area contributed by atoms with Crippen molar-refractivity contribution in [1.82, 2.24) is 15.1 Å². The van der Waals surface area contributed by atoms with Gasteiger partial charge < -0.3 is 19.9 Å². The fourth-order valence-electron chi connectivity index (χ4n) is 4.95. The molecule has 0 aromatic heterocycles. The van der Waals surface area contributed by atoms with E-state index in [0.717, 1.165) is 50.1 Å². The number of benzene rings is 1. The number of nitrogens with zero attached hydrogens (tertiary/aromatic N) is 2. The van der Waals surface area contributed by atoms with Crippen molar-refractivity contribution in [1.29, 1.82) is 0 Å². The molecule has 1 aliphatic carbocycles. The van der Waals surface area contributed by atoms with E-state index in [0.29, 0.717) is 25.4 Å². The van der Waals surface area contributed by atoms with E-state index < -0.39 is 0 Å². The summed E-state index contributed by atoms with van der Waals surface area (Å²) in [5, 5.41) is 3.21. The summed E-state index contributed by atoms with van der Waals surface area (Å²) in [5.74, 6) is 0.870. The second-order valence-corrected chi connectivity index (χ2v) is 10.1. The number of hydrogen-bond acceptors (Lipinski definition) is 5. The molecule has 0 bridgehead atoms. The van der Waals surface area contributed by atoms with Crippen LogP contribution in [0.15, 0.2) is 35.2 Å².